The normalized spacial score (nSPS) is 41.2. The highest BCUT2D eigenvalue weighted by Gasteiger charge is 2.58. The number of hydrogen-bond donors (Lipinski definition) is 0. The van der Waals surface area contributed by atoms with Crippen LogP contribution in [-0.4, -0.2) is 12.2 Å². The first kappa shape index (κ1) is 16.8. The summed E-state index contributed by atoms with van der Waals surface area (Å²) in [7, 11) is 0. The second-order valence-corrected chi connectivity index (χ2v) is 11.2. The summed E-state index contributed by atoms with van der Waals surface area (Å²) in [4.78, 5) is 11.4. The molecule has 0 saturated heterocycles. The van der Waals surface area contributed by atoms with Crippen LogP contribution >= 0.6 is 0 Å². The van der Waals surface area contributed by atoms with Crippen molar-refractivity contribution in [2.45, 2.75) is 92.1 Å². The van der Waals surface area contributed by atoms with Crippen LogP contribution in [0.4, 0.5) is 0 Å². The fourth-order valence-electron chi connectivity index (χ4n) is 6.48. The van der Waals surface area contributed by atoms with Crippen LogP contribution in [0, 0.1) is 28.1 Å². The molecule has 22 heavy (non-hydrogen) atoms. The molecule has 2 nitrogen and oxygen atoms in total. The second-order valence-electron chi connectivity index (χ2n) is 11.2. The van der Waals surface area contributed by atoms with Crippen LogP contribution in [0.3, 0.4) is 0 Å². The Balaban J connectivity index is 1.71. The predicted molar refractivity (Wildman–Crippen MR) is 90.4 cm³/mol. The Hall–Kier alpha value is -0.0800. The lowest BCUT2D eigenvalue weighted by Crippen LogP contribution is -2.54. The average Bonchev–Trinajstić information content (AvgIpc) is 2.20. The van der Waals surface area contributed by atoms with Crippen LogP contribution in [0.5, 0.6) is 0 Å². The topological polar surface area (TPSA) is 18.5 Å². The van der Waals surface area contributed by atoms with Gasteiger partial charge in [-0.1, -0.05) is 20.8 Å². The second kappa shape index (κ2) is 5.21. The Morgan fingerprint density at radius 1 is 0.864 bits per heavy atom. The van der Waals surface area contributed by atoms with Gasteiger partial charge < -0.3 is 0 Å². The molecule has 0 amide bonds. The van der Waals surface area contributed by atoms with E-state index in [1.807, 2.05) is 0 Å². The molecule has 4 aliphatic carbocycles. The molecular formula is C20H36O2. The maximum Gasteiger partial charge on any atom is 0.0952 e. The van der Waals surface area contributed by atoms with Gasteiger partial charge in [0.05, 0.1) is 12.2 Å². The van der Waals surface area contributed by atoms with Crippen molar-refractivity contribution in [3.8, 4) is 0 Å². The quantitative estimate of drug-likeness (QED) is 0.486. The monoisotopic (exact) mass is 308 g/mol. The molecule has 0 N–H and O–H groups in total. The third-order valence-corrected chi connectivity index (χ3v) is 5.88. The molecule has 0 aromatic rings. The van der Waals surface area contributed by atoms with E-state index in [1.165, 1.54) is 44.9 Å². The van der Waals surface area contributed by atoms with Crippen molar-refractivity contribution in [3.63, 3.8) is 0 Å². The van der Waals surface area contributed by atoms with Gasteiger partial charge in [0.1, 0.15) is 0 Å². The van der Waals surface area contributed by atoms with Gasteiger partial charge >= 0.3 is 0 Å². The molecule has 2 atom stereocenters. The highest BCUT2D eigenvalue weighted by Crippen LogP contribution is 2.67. The van der Waals surface area contributed by atoms with Crippen LogP contribution in [0.1, 0.15) is 86.5 Å². The molecule has 0 aromatic carbocycles. The van der Waals surface area contributed by atoms with E-state index in [9.17, 15) is 0 Å². The average molecular weight is 309 g/mol. The minimum Gasteiger partial charge on any atom is -0.236 e. The van der Waals surface area contributed by atoms with Crippen LogP contribution in [0.25, 0.3) is 0 Å². The largest absolute Gasteiger partial charge is 0.236 e. The summed E-state index contributed by atoms with van der Waals surface area (Å²) in [6.45, 7) is 14.2. The molecule has 0 radical (unpaired) electrons. The Bertz CT molecular complexity index is 398. The van der Waals surface area contributed by atoms with Crippen LogP contribution in [0.2, 0.25) is 0 Å². The lowest BCUT2D eigenvalue weighted by Gasteiger charge is -2.63. The van der Waals surface area contributed by atoms with E-state index in [4.69, 9.17) is 9.78 Å². The zero-order valence-electron chi connectivity index (χ0n) is 15.6. The molecule has 4 aliphatic rings. The first-order chi connectivity index (χ1) is 9.99. The fraction of sp³-hybridized carbons (Fsp3) is 1.00. The minimum absolute atomic E-state index is 0.203. The standard InChI is InChI=1S/C20H36O2/c1-17(2,3)12-19-8-15-7-16(9-19)11-20(10-15,13-19)14-21-22-18(4,5)6/h15-16H,7-14H2,1-6H3. The summed E-state index contributed by atoms with van der Waals surface area (Å²) in [5.74, 6) is 1.89. The van der Waals surface area contributed by atoms with Crippen LogP contribution in [0.15, 0.2) is 0 Å². The fourth-order valence-corrected chi connectivity index (χ4v) is 6.48. The predicted octanol–water partition coefficient (Wildman–Crippen LogP) is 5.76. The number of hydrogen-bond acceptors (Lipinski definition) is 2. The first-order valence-electron chi connectivity index (χ1n) is 9.29. The first-order valence-corrected chi connectivity index (χ1v) is 9.29. The van der Waals surface area contributed by atoms with Gasteiger partial charge in [0.15, 0.2) is 0 Å². The Morgan fingerprint density at radius 3 is 1.91 bits per heavy atom. The molecule has 0 aromatic heterocycles. The van der Waals surface area contributed by atoms with Crippen molar-refractivity contribution in [3.05, 3.63) is 0 Å². The molecule has 128 valence electrons. The van der Waals surface area contributed by atoms with Crippen molar-refractivity contribution in [1.82, 2.24) is 0 Å². The van der Waals surface area contributed by atoms with E-state index in [-0.39, 0.29) is 5.60 Å². The smallest absolute Gasteiger partial charge is 0.0952 e. The van der Waals surface area contributed by atoms with Gasteiger partial charge in [0.25, 0.3) is 0 Å². The van der Waals surface area contributed by atoms with Gasteiger partial charge in [0, 0.05) is 0 Å². The Kier molecular flexibility index (Phi) is 3.97. The molecule has 4 fully saturated rings. The highest BCUT2D eigenvalue weighted by molar-refractivity contribution is 5.08. The van der Waals surface area contributed by atoms with E-state index in [0.717, 1.165) is 18.4 Å². The lowest BCUT2D eigenvalue weighted by molar-refractivity contribution is -0.368. The van der Waals surface area contributed by atoms with E-state index < -0.39 is 0 Å². The van der Waals surface area contributed by atoms with Gasteiger partial charge in [-0.3, -0.25) is 0 Å². The van der Waals surface area contributed by atoms with Crippen molar-refractivity contribution < 1.29 is 9.78 Å². The summed E-state index contributed by atoms with van der Waals surface area (Å²) >= 11 is 0. The molecule has 4 bridgehead atoms. The van der Waals surface area contributed by atoms with Gasteiger partial charge in [0.2, 0.25) is 0 Å². The highest BCUT2D eigenvalue weighted by atomic mass is 17.2. The Morgan fingerprint density at radius 2 is 1.41 bits per heavy atom. The van der Waals surface area contributed by atoms with Gasteiger partial charge in [-0.15, -0.1) is 0 Å². The van der Waals surface area contributed by atoms with E-state index in [0.29, 0.717) is 16.2 Å². The maximum atomic E-state index is 5.76. The van der Waals surface area contributed by atoms with E-state index in [1.54, 1.807) is 0 Å². The van der Waals surface area contributed by atoms with Crippen LogP contribution < -0.4 is 0 Å². The minimum atomic E-state index is -0.203. The summed E-state index contributed by atoms with van der Waals surface area (Å²) < 4.78 is 0. The van der Waals surface area contributed by atoms with Crippen molar-refractivity contribution in [2.75, 3.05) is 6.61 Å². The zero-order valence-corrected chi connectivity index (χ0v) is 15.6. The third-order valence-electron chi connectivity index (χ3n) is 5.88. The summed E-state index contributed by atoms with van der Waals surface area (Å²) in [6.07, 6.45) is 9.94. The van der Waals surface area contributed by atoms with Crippen LogP contribution in [-0.2, 0) is 9.78 Å². The molecule has 0 aliphatic heterocycles. The van der Waals surface area contributed by atoms with Gasteiger partial charge in [-0.25, -0.2) is 9.78 Å². The third kappa shape index (κ3) is 3.70. The zero-order chi connectivity index (χ0) is 16.2. The van der Waals surface area contributed by atoms with E-state index >= 15 is 0 Å². The van der Waals surface area contributed by atoms with Crippen molar-refractivity contribution >= 4 is 0 Å². The number of rotatable bonds is 4. The Labute approximate surface area is 137 Å². The van der Waals surface area contributed by atoms with Gasteiger partial charge in [-0.05, 0) is 93.8 Å². The molecule has 0 heterocycles. The molecule has 2 heteroatoms. The van der Waals surface area contributed by atoms with E-state index in [2.05, 4.69) is 41.5 Å². The summed E-state index contributed by atoms with van der Waals surface area (Å²) in [5, 5.41) is 0. The molecule has 0 spiro atoms. The maximum absolute atomic E-state index is 5.76. The molecular weight excluding hydrogens is 272 g/mol. The summed E-state index contributed by atoms with van der Waals surface area (Å²) in [5.41, 5.74) is 1.23. The van der Waals surface area contributed by atoms with Crippen molar-refractivity contribution in [1.29, 1.82) is 0 Å². The summed E-state index contributed by atoms with van der Waals surface area (Å²) in [6, 6.07) is 0. The molecule has 4 rings (SSSR count). The van der Waals surface area contributed by atoms with Crippen molar-refractivity contribution in [2.24, 2.45) is 28.1 Å². The SMILES string of the molecule is CC(C)(C)CC12CC3CC(CC(COOC(C)(C)C)(C3)C1)C2. The lowest BCUT2D eigenvalue weighted by atomic mass is 9.42. The molecule has 2 unspecified atom stereocenters. The van der Waals surface area contributed by atoms with Gasteiger partial charge in [-0.2, -0.15) is 0 Å². The molecule has 4 saturated carbocycles.